The third kappa shape index (κ3) is 10.7. The van der Waals surface area contributed by atoms with Crippen molar-refractivity contribution < 1.29 is 37.5 Å². The Balaban J connectivity index is 0. The summed E-state index contributed by atoms with van der Waals surface area (Å²) < 4.78 is 4.64. The molecule has 0 aromatic heterocycles. The van der Waals surface area contributed by atoms with E-state index in [9.17, 15) is 0 Å². The molecule has 4 heteroatoms. The van der Waals surface area contributed by atoms with Crippen molar-refractivity contribution in [3.8, 4) is 0 Å². The molecule has 2 nitrogen and oxygen atoms in total. The molecule has 8 heavy (non-hydrogen) atoms. The standard InChI is InChI=1S/2C2H6N.BrH.Nd/c2*1-3-2;;/h2*1-2H3;1H;/q2*-1;;+2. The Morgan fingerprint density at radius 2 is 1.12 bits per heavy atom. The van der Waals surface area contributed by atoms with Gasteiger partial charge in [-0.15, -0.1) is 17.0 Å². The van der Waals surface area contributed by atoms with Crippen LogP contribution in [0.5, 0.6) is 0 Å². The number of nitrogens with zero attached hydrogens (tertiary/aromatic N) is 2. The van der Waals surface area contributed by atoms with Crippen LogP contribution in [0.3, 0.4) is 0 Å². The Morgan fingerprint density at radius 1 is 0.875 bits per heavy atom. The van der Waals surface area contributed by atoms with E-state index < -0.39 is 37.5 Å². The molecule has 0 aliphatic heterocycles. The SMILES string of the molecule is Br.C[N](C)[Nd][N](C)C. The summed E-state index contributed by atoms with van der Waals surface area (Å²) in [5, 5.41) is 0. The number of hydrogen-bond acceptors (Lipinski definition) is 2. The van der Waals surface area contributed by atoms with Gasteiger partial charge in [0.25, 0.3) is 0 Å². The molecule has 0 amide bonds. The van der Waals surface area contributed by atoms with Gasteiger partial charge in [0.15, 0.2) is 0 Å². The van der Waals surface area contributed by atoms with Crippen molar-refractivity contribution in [2.24, 2.45) is 0 Å². The molecule has 0 aromatic rings. The topological polar surface area (TPSA) is 6.48 Å². The summed E-state index contributed by atoms with van der Waals surface area (Å²) in [7, 11) is 8.57. The van der Waals surface area contributed by atoms with E-state index in [1.54, 1.807) is 0 Å². The van der Waals surface area contributed by atoms with Crippen molar-refractivity contribution in [3.05, 3.63) is 0 Å². The third-order valence-corrected chi connectivity index (χ3v) is 2.97. The van der Waals surface area contributed by atoms with Gasteiger partial charge in [-0.1, -0.05) is 0 Å². The molecular weight excluding hydrogens is 300 g/mol. The normalized spacial score (nSPS) is 9.25. The second-order valence-electron chi connectivity index (χ2n) is 1.89. The van der Waals surface area contributed by atoms with Gasteiger partial charge in [0.1, 0.15) is 0 Å². The van der Waals surface area contributed by atoms with Gasteiger partial charge in [-0.3, -0.25) is 0 Å². The Hall–Kier alpha value is 1.75. The Morgan fingerprint density at radius 3 is 1.12 bits per heavy atom. The number of hydrogen-bond donors (Lipinski definition) is 0. The third-order valence-electron chi connectivity index (χ3n) is 0.400. The second kappa shape index (κ2) is 6.86. The van der Waals surface area contributed by atoms with Crippen LogP contribution in [0.15, 0.2) is 0 Å². The van der Waals surface area contributed by atoms with Crippen molar-refractivity contribution >= 4 is 17.0 Å². The molecule has 0 bridgehead atoms. The second-order valence-corrected chi connectivity index (χ2v) is 8.27. The van der Waals surface area contributed by atoms with E-state index in [2.05, 4.69) is 30.2 Å². The molecule has 0 heterocycles. The van der Waals surface area contributed by atoms with E-state index in [-0.39, 0.29) is 17.0 Å². The maximum absolute atomic E-state index is 2.32. The maximum atomic E-state index is 2.32. The van der Waals surface area contributed by atoms with Gasteiger partial charge in [0, 0.05) is 0 Å². The fourth-order valence-corrected chi connectivity index (χ4v) is 2.97. The number of rotatable bonds is 2. The van der Waals surface area contributed by atoms with Crippen LogP contribution in [0.25, 0.3) is 0 Å². The predicted octanol–water partition coefficient (Wildman–Crippen LogP) is 0.603. The molecule has 0 saturated carbocycles. The Kier molecular flexibility index (Phi) is 10.7. The summed E-state index contributed by atoms with van der Waals surface area (Å²) in [6, 6.07) is 0. The van der Waals surface area contributed by atoms with Crippen LogP contribution < -0.4 is 0 Å². The molecule has 0 unspecified atom stereocenters. The molecule has 0 aromatic carbocycles. The first-order chi connectivity index (χ1) is 3.13. The first-order valence-electron chi connectivity index (χ1n) is 2.24. The predicted molar refractivity (Wildman–Crippen MR) is 37.7 cm³/mol. The average molecular weight is 313 g/mol. The fourth-order valence-electron chi connectivity index (χ4n) is 0.400. The Bertz CT molecular complexity index is 43.3. The molecule has 0 aliphatic carbocycles. The van der Waals surface area contributed by atoms with Crippen molar-refractivity contribution in [2.45, 2.75) is 0 Å². The molecule has 0 N–H and O–H groups in total. The van der Waals surface area contributed by atoms with Gasteiger partial charge >= 0.3 is 67.6 Å². The van der Waals surface area contributed by atoms with Crippen molar-refractivity contribution in [3.63, 3.8) is 0 Å². The van der Waals surface area contributed by atoms with Crippen LogP contribution in [0, 0.1) is 37.5 Å². The summed E-state index contributed by atoms with van der Waals surface area (Å²) in [5.74, 6) is 0. The minimum atomic E-state index is -0.485. The molecule has 0 spiro atoms. The molecule has 0 rings (SSSR count). The van der Waals surface area contributed by atoms with Crippen LogP contribution >= 0.6 is 17.0 Å². The van der Waals surface area contributed by atoms with Crippen LogP contribution in [0.4, 0.5) is 0 Å². The average Bonchev–Trinajstić information content (AvgIpc) is 1.27. The first kappa shape index (κ1) is 12.4. The van der Waals surface area contributed by atoms with E-state index >= 15 is 0 Å². The molecule has 0 aliphatic rings. The molecular formula is C4H13BrN2Nd. The van der Waals surface area contributed by atoms with E-state index in [4.69, 9.17) is 0 Å². The molecule has 0 radical (unpaired) electrons. The summed E-state index contributed by atoms with van der Waals surface area (Å²) in [5.41, 5.74) is 0. The summed E-state index contributed by atoms with van der Waals surface area (Å²) >= 11 is -0.485. The fraction of sp³-hybridized carbons (Fsp3) is 1.00. The van der Waals surface area contributed by atoms with Crippen LogP contribution in [0.1, 0.15) is 0 Å². The van der Waals surface area contributed by atoms with Gasteiger partial charge in [0.05, 0.1) is 0 Å². The van der Waals surface area contributed by atoms with E-state index in [0.717, 1.165) is 0 Å². The van der Waals surface area contributed by atoms with E-state index in [0.29, 0.717) is 0 Å². The van der Waals surface area contributed by atoms with Gasteiger partial charge in [-0.2, -0.15) is 0 Å². The van der Waals surface area contributed by atoms with Crippen LogP contribution in [-0.2, 0) is 0 Å². The van der Waals surface area contributed by atoms with Crippen LogP contribution in [-0.4, -0.2) is 30.2 Å². The van der Waals surface area contributed by atoms with E-state index in [1.807, 2.05) is 0 Å². The first-order valence-corrected chi connectivity index (χ1v) is 5.11. The van der Waals surface area contributed by atoms with Gasteiger partial charge in [-0.25, -0.2) is 0 Å². The summed E-state index contributed by atoms with van der Waals surface area (Å²) in [6.45, 7) is 0. The monoisotopic (exact) mass is 310 g/mol. The van der Waals surface area contributed by atoms with Gasteiger partial charge in [0.2, 0.25) is 0 Å². The zero-order valence-electron chi connectivity index (χ0n) is 5.80. The van der Waals surface area contributed by atoms with Crippen molar-refractivity contribution in [1.29, 1.82) is 0 Å². The molecule has 0 atom stereocenters. The van der Waals surface area contributed by atoms with Crippen LogP contribution in [0.2, 0.25) is 0 Å². The minimum absolute atomic E-state index is 0. The molecule has 0 saturated heterocycles. The van der Waals surface area contributed by atoms with Gasteiger partial charge < -0.3 is 0 Å². The van der Waals surface area contributed by atoms with Gasteiger partial charge in [-0.05, 0) is 0 Å². The van der Waals surface area contributed by atoms with Crippen molar-refractivity contribution in [2.75, 3.05) is 28.2 Å². The zero-order valence-corrected chi connectivity index (χ0v) is 10.7. The number of halogens is 1. The summed E-state index contributed by atoms with van der Waals surface area (Å²) in [4.78, 5) is 0. The Labute approximate surface area is 83.5 Å². The van der Waals surface area contributed by atoms with E-state index in [1.165, 1.54) is 0 Å². The molecule has 0 fully saturated rings. The zero-order chi connectivity index (χ0) is 5.86. The quantitative estimate of drug-likeness (QED) is 0.737. The summed E-state index contributed by atoms with van der Waals surface area (Å²) in [6.07, 6.45) is 0. The molecule has 50 valence electrons. The van der Waals surface area contributed by atoms with Crippen molar-refractivity contribution in [1.82, 2.24) is 1.97 Å².